The zero-order valence-corrected chi connectivity index (χ0v) is 8.59. The van der Waals surface area contributed by atoms with Crippen LogP contribution in [-0.4, -0.2) is 16.3 Å². The first-order chi connectivity index (χ1) is 7.36. The molecule has 0 atom stereocenters. The van der Waals surface area contributed by atoms with Crippen LogP contribution >= 0.6 is 0 Å². The number of hydrogen-bond donors (Lipinski definition) is 1. The predicted octanol–water partition coefficient (Wildman–Crippen LogP) is 1.63. The van der Waals surface area contributed by atoms with Gasteiger partial charge in [-0.15, -0.1) is 0 Å². The van der Waals surface area contributed by atoms with Crippen LogP contribution in [0.15, 0.2) is 6.08 Å². The lowest BCUT2D eigenvalue weighted by atomic mass is 10.1. The summed E-state index contributed by atoms with van der Waals surface area (Å²) in [6, 6.07) is 0. The van der Waals surface area contributed by atoms with E-state index in [-0.39, 0.29) is 5.83 Å². The van der Waals surface area contributed by atoms with Crippen molar-refractivity contribution in [2.75, 3.05) is 6.54 Å². The van der Waals surface area contributed by atoms with Crippen LogP contribution in [0.25, 0.3) is 5.83 Å². The molecule has 0 aliphatic carbocycles. The molecule has 2 aliphatic heterocycles. The minimum atomic E-state index is -0.0926. The SMILES string of the molecule is FC1=CCCCn2nc3c(c21)CNCC3. The van der Waals surface area contributed by atoms with Gasteiger partial charge in [0.2, 0.25) is 0 Å². The fraction of sp³-hybridized carbons (Fsp3) is 0.545. The molecule has 2 aliphatic rings. The largest absolute Gasteiger partial charge is 0.312 e. The number of rotatable bonds is 0. The zero-order chi connectivity index (χ0) is 10.3. The number of fused-ring (bicyclic) bond motifs is 3. The quantitative estimate of drug-likeness (QED) is 0.700. The lowest BCUT2D eigenvalue weighted by Crippen LogP contribution is -2.23. The van der Waals surface area contributed by atoms with Crippen LogP contribution in [0.3, 0.4) is 0 Å². The highest BCUT2D eigenvalue weighted by atomic mass is 19.1. The van der Waals surface area contributed by atoms with Gasteiger partial charge in [0.1, 0.15) is 11.5 Å². The highest BCUT2D eigenvalue weighted by Crippen LogP contribution is 2.28. The summed E-state index contributed by atoms with van der Waals surface area (Å²) in [6.07, 6.45) is 4.41. The van der Waals surface area contributed by atoms with Gasteiger partial charge in [-0.3, -0.25) is 4.68 Å². The van der Waals surface area contributed by atoms with Crippen molar-refractivity contribution in [2.45, 2.75) is 32.4 Å². The van der Waals surface area contributed by atoms with E-state index in [1.54, 1.807) is 6.08 Å². The third-order valence-corrected chi connectivity index (χ3v) is 3.10. The molecule has 0 saturated carbocycles. The lowest BCUT2D eigenvalue weighted by Gasteiger charge is -2.12. The molecule has 3 rings (SSSR count). The van der Waals surface area contributed by atoms with Gasteiger partial charge in [0.05, 0.1) is 5.69 Å². The van der Waals surface area contributed by atoms with Crippen molar-refractivity contribution in [3.63, 3.8) is 0 Å². The Morgan fingerprint density at radius 2 is 2.40 bits per heavy atom. The van der Waals surface area contributed by atoms with Crippen LogP contribution in [0.1, 0.15) is 29.8 Å². The number of nitrogens with zero attached hydrogens (tertiary/aromatic N) is 2. The minimum Gasteiger partial charge on any atom is -0.312 e. The van der Waals surface area contributed by atoms with E-state index in [1.165, 1.54) is 0 Å². The van der Waals surface area contributed by atoms with E-state index in [2.05, 4.69) is 10.4 Å². The summed E-state index contributed by atoms with van der Waals surface area (Å²) >= 11 is 0. The Balaban J connectivity index is 2.16. The maximum Gasteiger partial charge on any atom is 0.144 e. The Kier molecular flexibility index (Phi) is 2.09. The predicted molar refractivity (Wildman–Crippen MR) is 56.0 cm³/mol. The number of aryl methyl sites for hydroxylation is 1. The van der Waals surface area contributed by atoms with E-state index in [1.807, 2.05) is 4.68 Å². The Bertz CT molecular complexity index is 420. The fourth-order valence-electron chi connectivity index (χ4n) is 2.35. The molecule has 0 unspecified atom stereocenters. The van der Waals surface area contributed by atoms with E-state index in [9.17, 15) is 4.39 Å². The second kappa shape index (κ2) is 3.45. The van der Waals surface area contributed by atoms with Gasteiger partial charge in [0, 0.05) is 31.6 Å². The molecule has 3 nitrogen and oxygen atoms in total. The maximum absolute atomic E-state index is 13.8. The van der Waals surface area contributed by atoms with E-state index in [0.29, 0.717) is 0 Å². The van der Waals surface area contributed by atoms with Crippen molar-refractivity contribution in [1.29, 1.82) is 0 Å². The number of hydrogen-bond acceptors (Lipinski definition) is 2. The number of nitrogens with one attached hydrogen (secondary N) is 1. The van der Waals surface area contributed by atoms with Crippen molar-refractivity contribution < 1.29 is 4.39 Å². The molecular weight excluding hydrogens is 193 g/mol. The molecule has 3 heterocycles. The summed E-state index contributed by atoms with van der Waals surface area (Å²) in [5, 5.41) is 7.77. The molecule has 15 heavy (non-hydrogen) atoms. The van der Waals surface area contributed by atoms with Gasteiger partial charge < -0.3 is 5.32 Å². The molecule has 4 heteroatoms. The van der Waals surface area contributed by atoms with Crippen molar-refractivity contribution in [3.05, 3.63) is 23.0 Å². The second-order valence-corrected chi connectivity index (χ2v) is 4.12. The molecule has 0 saturated heterocycles. The Hall–Kier alpha value is -1.16. The summed E-state index contributed by atoms with van der Waals surface area (Å²) in [7, 11) is 0. The van der Waals surface area contributed by atoms with Crippen LogP contribution in [-0.2, 0) is 19.5 Å². The van der Waals surface area contributed by atoms with Crippen molar-refractivity contribution in [1.82, 2.24) is 15.1 Å². The maximum atomic E-state index is 13.8. The van der Waals surface area contributed by atoms with Crippen molar-refractivity contribution in [2.24, 2.45) is 0 Å². The summed E-state index contributed by atoms with van der Waals surface area (Å²) in [5.41, 5.74) is 2.86. The first kappa shape index (κ1) is 9.09. The topological polar surface area (TPSA) is 29.9 Å². The highest BCUT2D eigenvalue weighted by molar-refractivity contribution is 5.61. The first-order valence-corrected chi connectivity index (χ1v) is 5.51. The second-order valence-electron chi connectivity index (χ2n) is 4.12. The van der Waals surface area contributed by atoms with Crippen LogP contribution in [0, 0.1) is 0 Å². The third kappa shape index (κ3) is 1.40. The van der Waals surface area contributed by atoms with Crippen molar-refractivity contribution in [3.8, 4) is 0 Å². The third-order valence-electron chi connectivity index (χ3n) is 3.10. The molecular formula is C11H14FN3. The van der Waals surface area contributed by atoms with E-state index in [4.69, 9.17) is 0 Å². The van der Waals surface area contributed by atoms with Crippen LogP contribution < -0.4 is 5.32 Å². The molecule has 0 fully saturated rings. The fourth-order valence-corrected chi connectivity index (χ4v) is 2.35. The molecule has 0 aromatic carbocycles. The van der Waals surface area contributed by atoms with Gasteiger partial charge in [0.15, 0.2) is 0 Å². The van der Waals surface area contributed by atoms with Gasteiger partial charge in [0.25, 0.3) is 0 Å². The standard InChI is InChI=1S/C11H14FN3/c12-9-3-1-2-6-15-11(9)8-7-13-5-4-10(8)14-15/h3,13H,1-2,4-7H2. The Morgan fingerprint density at radius 1 is 1.47 bits per heavy atom. The molecule has 1 aromatic heterocycles. The molecule has 0 radical (unpaired) electrons. The average Bonchev–Trinajstić information content (AvgIpc) is 2.53. The smallest absolute Gasteiger partial charge is 0.144 e. The zero-order valence-electron chi connectivity index (χ0n) is 8.59. The normalized spacial score (nSPS) is 20.2. The lowest BCUT2D eigenvalue weighted by molar-refractivity contribution is 0.572. The van der Waals surface area contributed by atoms with Gasteiger partial charge in [-0.2, -0.15) is 5.10 Å². The number of aromatic nitrogens is 2. The molecule has 0 spiro atoms. The van der Waals surface area contributed by atoms with Crippen LogP contribution in [0.4, 0.5) is 4.39 Å². The number of halogens is 1. The van der Waals surface area contributed by atoms with Crippen molar-refractivity contribution >= 4 is 5.83 Å². The molecule has 1 aromatic rings. The van der Waals surface area contributed by atoms with Gasteiger partial charge >= 0.3 is 0 Å². The minimum absolute atomic E-state index is 0.0926. The van der Waals surface area contributed by atoms with Gasteiger partial charge in [-0.05, 0) is 18.9 Å². The monoisotopic (exact) mass is 207 g/mol. The van der Waals surface area contributed by atoms with E-state index in [0.717, 1.165) is 55.8 Å². The van der Waals surface area contributed by atoms with Crippen LogP contribution in [0.2, 0.25) is 0 Å². The summed E-state index contributed by atoms with van der Waals surface area (Å²) in [5.74, 6) is -0.0926. The molecule has 0 amide bonds. The Labute approximate surface area is 88.0 Å². The van der Waals surface area contributed by atoms with Gasteiger partial charge in [-0.1, -0.05) is 0 Å². The van der Waals surface area contributed by atoms with Crippen LogP contribution in [0.5, 0.6) is 0 Å². The van der Waals surface area contributed by atoms with E-state index < -0.39 is 0 Å². The average molecular weight is 207 g/mol. The number of allylic oxidation sites excluding steroid dienone is 1. The first-order valence-electron chi connectivity index (χ1n) is 5.51. The molecule has 1 N–H and O–H groups in total. The summed E-state index contributed by atoms with van der Waals surface area (Å²) in [4.78, 5) is 0. The summed E-state index contributed by atoms with van der Waals surface area (Å²) in [6.45, 7) is 2.55. The van der Waals surface area contributed by atoms with Gasteiger partial charge in [-0.25, -0.2) is 4.39 Å². The molecule has 0 bridgehead atoms. The Morgan fingerprint density at radius 3 is 3.33 bits per heavy atom. The molecule has 80 valence electrons. The highest BCUT2D eigenvalue weighted by Gasteiger charge is 2.23. The van der Waals surface area contributed by atoms with E-state index >= 15 is 0 Å². The summed E-state index contributed by atoms with van der Waals surface area (Å²) < 4.78 is 15.7.